The first-order chi connectivity index (χ1) is 5.11. The topological polar surface area (TPSA) is 17.1 Å². The number of ketones is 1. The van der Waals surface area contributed by atoms with Crippen molar-refractivity contribution >= 4 is 21.7 Å². The van der Waals surface area contributed by atoms with Crippen LogP contribution < -0.4 is 0 Å². The molecule has 1 aliphatic carbocycles. The lowest BCUT2D eigenvalue weighted by molar-refractivity contribution is -0.119. The van der Waals surface area contributed by atoms with Gasteiger partial charge in [-0.3, -0.25) is 4.79 Å². The summed E-state index contributed by atoms with van der Waals surface area (Å²) in [7, 11) is 0. The van der Waals surface area contributed by atoms with Gasteiger partial charge in [0.15, 0.2) is 0 Å². The predicted octanol–water partition coefficient (Wildman–Crippen LogP) is 2.78. The molecular formula is C9H15BrO. The fraction of sp³-hybridized carbons (Fsp3) is 0.889. The van der Waals surface area contributed by atoms with Crippen molar-refractivity contribution in [1.82, 2.24) is 0 Å². The van der Waals surface area contributed by atoms with Gasteiger partial charge in [0, 0.05) is 5.92 Å². The molecule has 1 saturated carbocycles. The van der Waals surface area contributed by atoms with Gasteiger partial charge in [-0.05, 0) is 25.2 Å². The van der Waals surface area contributed by atoms with Crippen molar-refractivity contribution in [2.75, 3.05) is 0 Å². The lowest BCUT2D eigenvalue weighted by atomic mass is 10.0. The molecule has 0 aromatic heterocycles. The number of alkyl halides is 1. The van der Waals surface area contributed by atoms with Crippen LogP contribution in [0.15, 0.2) is 0 Å². The summed E-state index contributed by atoms with van der Waals surface area (Å²) < 4.78 is 0. The Morgan fingerprint density at radius 1 is 1.55 bits per heavy atom. The van der Waals surface area contributed by atoms with E-state index in [0.717, 1.165) is 19.3 Å². The monoisotopic (exact) mass is 218 g/mol. The first-order valence-electron chi connectivity index (χ1n) is 4.29. The third-order valence-electron chi connectivity index (χ3n) is 1.97. The minimum Gasteiger partial charge on any atom is -0.298 e. The van der Waals surface area contributed by atoms with Crippen molar-refractivity contribution in [3.63, 3.8) is 0 Å². The molecule has 0 amide bonds. The van der Waals surface area contributed by atoms with Gasteiger partial charge >= 0.3 is 0 Å². The summed E-state index contributed by atoms with van der Waals surface area (Å²) in [5.74, 6) is 1.44. The fourth-order valence-electron chi connectivity index (χ4n) is 1.15. The van der Waals surface area contributed by atoms with Crippen LogP contribution in [0.4, 0.5) is 0 Å². The highest BCUT2D eigenvalue weighted by atomic mass is 79.9. The lowest BCUT2D eigenvalue weighted by Crippen LogP contribution is -2.17. The zero-order valence-electron chi connectivity index (χ0n) is 7.14. The van der Waals surface area contributed by atoms with Crippen LogP contribution in [-0.2, 0) is 4.79 Å². The second-order valence-electron chi connectivity index (χ2n) is 3.77. The van der Waals surface area contributed by atoms with E-state index in [9.17, 15) is 4.79 Å². The number of carbonyl (C=O) groups excluding carboxylic acids is 1. The van der Waals surface area contributed by atoms with Crippen molar-refractivity contribution < 1.29 is 4.79 Å². The number of hydrogen-bond acceptors (Lipinski definition) is 1. The van der Waals surface area contributed by atoms with E-state index in [0.29, 0.717) is 17.6 Å². The van der Waals surface area contributed by atoms with Gasteiger partial charge in [-0.15, -0.1) is 0 Å². The minimum absolute atomic E-state index is 0.120. The summed E-state index contributed by atoms with van der Waals surface area (Å²) >= 11 is 3.43. The van der Waals surface area contributed by atoms with E-state index in [1.807, 2.05) is 0 Å². The molecule has 0 aliphatic heterocycles. The van der Waals surface area contributed by atoms with E-state index in [1.165, 1.54) is 0 Å². The molecule has 1 rings (SSSR count). The maximum Gasteiger partial charge on any atom is 0.149 e. The van der Waals surface area contributed by atoms with Crippen LogP contribution in [-0.4, -0.2) is 10.6 Å². The van der Waals surface area contributed by atoms with Crippen LogP contribution in [0, 0.1) is 11.8 Å². The molecular weight excluding hydrogens is 204 g/mol. The summed E-state index contributed by atoms with van der Waals surface area (Å²) in [5, 5.41) is 0. The maximum atomic E-state index is 11.4. The Kier molecular flexibility index (Phi) is 3.11. The summed E-state index contributed by atoms with van der Waals surface area (Å²) in [5.41, 5.74) is 0. The Morgan fingerprint density at radius 2 is 2.09 bits per heavy atom. The Labute approximate surface area is 76.7 Å². The van der Waals surface area contributed by atoms with Crippen LogP contribution in [0.3, 0.4) is 0 Å². The van der Waals surface area contributed by atoms with Gasteiger partial charge in [-0.2, -0.15) is 0 Å². The Bertz CT molecular complexity index is 150. The third-order valence-corrected chi connectivity index (χ3v) is 2.79. The molecule has 0 saturated heterocycles. The largest absolute Gasteiger partial charge is 0.298 e. The molecule has 1 nitrogen and oxygen atoms in total. The highest BCUT2D eigenvalue weighted by Crippen LogP contribution is 2.33. The number of carbonyl (C=O) groups is 1. The van der Waals surface area contributed by atoms with Crippen molar-refractivity contribution in [3.05, 3.63) is 0 Å². The van der Waals surface area contributed by atoms with E-state index >= 15 is 0 Å². The Morgan fingerprint density at radius 3 is 2.45 bits per heavy atom. The normalized spacial score (nSPS) is 20.4. The van der Waals surface area contributed by atoms with Gasteiger partial charge in [0.2, 0.25) is 0 Å². The first-order valence-corrected chi connectivity index (χ1v) is 5.20. The SMILES string of the molecule is CC(C)CC(Br)C(=O)C1CC1. The van der Waals surface area contributed by atoms with Gasteiger partial charge in [-0.25, -0.2) is 0 Å². The third kappa shape index (κ3) is 2.94. The zero-order valence-corrected chi connectivity index (χ0v) is 8.73. The molecule has 1 fully saturated rings. The second kappa shape index (κ2) is 3.70. The molecule has 64 valence electrons. The number of rotatable bonds is 4. The van der Waals surface area contributed by atoms with Crippen LogP contribution in [0.1, 0.15) is 33.1 Å². The van der Waals surface area contributed by atoms with Gasteiger partial charge in [0.05, 0.1) is 4.83 Å². The van der Waals surface area contributed by atoms with Crippen LogP contribution in [0.25, 0.3) is 0 Å². The summed E-state index contributed by atoms with van der Waals surface area (Å²) in [6.45, 7) is 4.29. The molecule has 0 bridgehead atoms. The van der Waals surface area contributed by atoms with E-state index in [1.54, 1.807) is 0 Å². The second-order valence-corrected chi connectivity index (χ2v) is 4.88. The van der Waals surface area contributed by atoms with E-state index in [4.69, 9.17) is 0 Å². The van der Waals surface area contributed by atoms with Crippen LogP contribution in [0.5, 0.6) is 0 Å². The average Bonchev–Trinajstić information content (AvgIpc) is 2.65. The Hall–Kier alpha value is 0.150. The molecule has 1 unspecified atom stereocenters. The van der Waals surface area contributed by atoms with Crippen molar-refractivity contribution in [2.24, 2.45) is 11.8 Å². The predicted molar refractivity (Wildman–Crippen MR) is 49.9 cm³/mol. The molecule has 1 aliphatic rings. The van der Waals surface area contributed by atoms with Crippen molar-refractivity contribution in [2.45, 2.75) is 37.9 Å². The lowest BCUT2D eigenvalue weighted by Gasteiger charge is -2.09. The number of halogens is 1. The summed E-state index contributed by atoms with van der Waals surface area (Å²) in [4.78, 5) is 11.5. The molecule has 0 spiro atoms. The minimum atomic E-state index is 0.120. The number of hydrogen-bond donors (Lipinski definition) is 0. The van der Waals surface area contributed by atoms with Gasteiger partial charge < -0.3 is 0 Å². The quantitative estimate of drug-likeness (QED) is 0.664. The molecule has 1 atom stereocenters. The van der Waals surface area contributed by atoms with Gasteiger partial charge in [-0.1, -0.05) is 29.8 Å². The van der Waals surface area contributed by atoms with Crippen molar-refractivity contribution in [1.29, 1.82) is 0 Å². The van der Waals surface area contributed by atoms with E-state index in [-0.39, 0.29) is 4.83 Å². The molecule has 0 radical (unpaired) electrons. The molecule has 0 N–H and O–H groups in total. The smallest absolute Gasteiger partial charge is 0.149 e. The molecule has 0 aromatic carbocycles. The first kappa shape index (κ1) is 9.24. The van der Waals surface area contributed by atoms with Crippen molar-refractivity contribution in [3.8, 4) is 0 Å². The Balaban J connectivity index is 2.27. The van der Waals surface area contributed by atoms with Crippen LogP contribution in [0.2, 0.25) is 0 Å². The average molecular weight is 219 g/mol. The van der Waals surface area contributed by atoms with Gasteiger partial charge in [0.25, 0.3) is 0 Å². The zero-order chi connectivity index (χ0) is 8.43. The van der Waals surface area contributed by atoms with E-state index < -0.39 is 0 Å². The number of Topliss-reactive ketones (excluding diaryl/α,β-unsaturated/α-hetero) is 1. The van der Waals surface area contributed by atoms with E-state index in [2.05, 4.69) is 29.8 Å². The molecule has 11 heavy (non-hydrogen) atoms. The molecule has 0 heterocycles. The summed E-state index contributed by atoms with van der Waals surface area (Å²) in [6.07, 6.45) is 3.23. The fourth-order valence-corrected chi connectivity index (χ4v) is 2.28. The maximum absolute atomic E-state index is 11.4. The molecule has 0 aromatic rings. The summed E-state index contributed by atoms with van der Waals surface area (Å²) in [6, 6.07) is 0. The van der Waals surface area contributed by atoms with Crippen LogP contribution >= 0.6 is 15.9 Å². The highest BCUT2D eigenvalue weighted by molar-refractivity contribution is 9.10. The standard InChI is InChI=1S/C9H15BrO/c1-6(2)5-8(10)9(11)7-3-4-7/h6-8H,3-5H2,1-2H3. The molecule has 2 heteroatoms. The highest BCUT2D eigenvalue weighted by Gasteiger charge is 2.33. The van der Waals surface area contributed by atoms with Gasteiger partial charge in [0.1, 0.15) is 5.78 Å².